The highest BCUT2D eigenvalue weighted by Gasteiger charge is 2.12. The van der Waals surface area contributed by atoms with Crippen molar-refractivity contribution in [1.29, 1.82) is 0 Å². The molecule has 1 amide bonds. The largest absolute Gasteiger partial charge is 0.497 e. The molecule has 0 saturated carbocycles. The fraction of sp³-hybridized carbons (Fsp3) is 0.263. The standard InChI is InChI=1S/C19H21N3O4/c1-21-16-6-4-5-7-17(16)22(19(21)24)9-8-18(23)20-13-10-14(25-2)12-15(11-13)26-3/h4-7,10-12H,8-9H2,1-3H3,(H,20,23). The van der Waals surface area contributed by atoms with Gasteiger partial charge in [-0.25, -0.2) is 4.79 Å². The Bertz CT molecular complexity index is 981. The number of methoxy groups -OCH3 is 2. The van der Waals surface area contributed by atoms with Gasteiger partial charge in [0.2, 0.25) is 5.91 Å². The molecule has 7 nitrogen and oxygen atoms in total. The first kappa shape index (κ1) is 17.6. The third-order valence-electron chi connectivity index (χ3n) is 4.25. The lowest BCUT2D eigenvalue weighted by atomic mass is 10.2. The monoisotopic (exact) mass is 355 g/mol. The molecule has 1 heterocycles. The second kappa shape index (κ2) is 7.35. The number of amides is 1. The number of ether oxygens (including phenoxy) is 2. The smallest absolute Gasteiger partial charge is 0.328 e. The Hall–Kier alpha value is -3.22. The second-order valence-electron chi connectivity index (χ2n) is 5.88. The van der Waals surface area contributed by atoms with E-state index in [1.807, 2.05) is 24.3 Å². The van der Waals surface area contributed by atoms with E-state index < -0.39 is 0 Å². The van der Waals surface area contributed by atoms with Crippen LogP contribution in [0.5, 0.6) is 11.5 Å². The van der Waals surface area contributed by atoms with Crippen LogP contribution in [0.2, 0.25) is 0 Å². The highest BCUT2D eigenvalue weighted by Crippen LogP contribution is 2.25. The Morgan fingerprint density at radius 1 is 1.04 bits per heavy atom. The van der Waals surface area contributed by atoms with E-state index in [0.717, 1.165) is 11.0 Å². The molecule has 1 N–H and O–H groups in total. The van der Waals surface area contributed by atoms with E-state index in [1.54, 1.807) is 48.6 Å². The summed E-state index contributed by atoms with van der Waals surface area (Å²) in [5.41, 5.74) is 2.10. The van der Waals surface area contributed by atoms with Crippen LogP contribution >= 0.6 is 0 Å². The lowest BCUT2D eigenvalue weighted by Crippen LogP contribution is -2.24. The molecule has 136 valence electrons. The van der Waals surface area contributed by atoms with Crippen LogP contribution < -0.4 is 20.5 Å². The molecule has 0 atom stereocenters. The van der Waals surface area contributed by atoms with Gasteiger partial charge in [-0.2, -0.15) is 0 Å². The molecule has 3 rings (SSSR count). The Morgan fingerprint density at radius 2 is 1.65 bits per heavy atom. The van der Waals surface area contributed by atoms with Crippen LogP contribution in [-0.2, 0) is 18.4 Å². The summed E-state index contributed by atoms with van der Waals surface area (Å²) in [5, 5.41) is 2.81. The fourth-order valence-electron chi connectivity index (χ4n) is 2.90. The van der Waals surface area contributed by atoms with Crippen LogP contribution in [0.15, 0.2) is 47.3 Å². The minimum Gasteiger partial charge on any atom is -0.497 e. The van der Waals surface area contributed by atoms with Crippen LogP contribution in [0.1, 0.15) is 6.42 Å². The maximum Gasteiger partial charge on any atom is 0.328 e. The van der Waals surface area contributed by atoms with E-state index in [4.69, 9.17) is 9.47 Å². The zero-order valence-corrected chi connectivity index (χ0v) is 15.0. The number of nitrogens with one attached hydrogen (secondary N) is 1. The summed E-state index contributed by atoms with van der Waals surface area (Å²) in [6.07, 6.45) is 0.174. The minimum atomic E-state index is -0.194. The number of hydrogen-bond acceptors (Lipinski definition) is 4. The Kier molecular flexibility index (Phi) is 4.97. The zero-order chi connectivity index (χ0) is 18.7. The summed E-state index contributed by atoms with van der Waals surface area (Å²) < 4.78 is 13.6. The maximum absolute atomic E-state index is 12.4. The number of aromatic nitrogens is 2. The maximum atomic E-state index is 12.4. The lowest BCUT2D eigenvalue weighted by molar-refractivity contribution is -0.116. The second-order valence-corrected chi connectivity index (χ2v) is 5.88. The van der Waals surface area contributed by atoms with E-state index >= 15 is 0 Å². The number of fused-ring (bicyclic) bond motifs is 1. The highest BCUT2D eigenvalue weighted by atomic mass is 16.5. The number of aryl methyl sites for hydroxylation is 2. The summed E-state index contributed by atoms with van der Waals surface area (Å²) in [5.74, 6) is 0.981. The molecule has 3 aromatic rings. The van der Waals surface area contributed by atoms with Crippen molar-refractivity contribution in [2.75, 3.05) is 19.5 Å². The van der Waals surface area contributed by atoms with Crippen molar-refractivity contribution in [2.45, 2.75) is 13.0 Å². The van der Waals surface area contributed by atoms with Crippen LogP contribution in [0.25, 0.3) is 11.0 Å². The van der Waals surface area contributed by atoms with Gasteiger partial charge in [0.05, 0.1) is 25.3 Å². The minimum absolute atomic E-state index is 0.137. The Balaban J connectivity index is 1.74. The molecule has 0 aliphatic rings. The van der Waals surface area contributed by atoms with Gasteiger partial charge in [0.25, 0.3) is 0 Å². The molecule has 0 unspecified atom stereocenters. The zero-order valence-electron chi connectivity index (χ0n) is 15.0. The summed E-state index contributed by atoms with van der Waals surface area (Å²) >= 11 is 0. The van der Waals surface area contributed by atoms with Crippen LogP contribution in [-0.4, -0.2) is 29.3 Å². The number of hydrogen-bond donors (Lipinski definition) is 1. The molecule has 0 radical (unpaired) electrons. The van der Waals surface area contributed by atoms with Crippen molar-refractivity contribution in [3.63, 3.8) is 0 Å². The Labute approximate surface area is 150 Å². The topological polar surface area (TPSA) is 74.5 Å². The molecule has 0 aliphatic carbocycles. The molecule has 0 aliphatic heterocycles. The number of imidazole rings is 1. The first-order chi connectivity index (χ1) is 12.5. The summed E-state index contributed by atoms with van der Waals surface area (Å²) in [4.78, 5) is 24.7. The van der Waals surface area contributed by atoms with Gasteiger partial charge in [-0.3, -0.25) is 13.9 Å². The highest BCUT2D eigenvalue weighted by molar-refractivity contribution is 5.91. The first-order valence-corrected chi connectivity index (χ1v) is 8.20. The van der Waals surface area contributed by atoms with Crippen molar-refractivity contribution in [2.24, 2.45) is 7.05 Å². The van der Waals surface area contributed by atoms with Gasteiger partial charge in [-0.15, -0.1) is 0 Å². The van der Waals surface area contributed by atoms with Gasteiger partial charge < -0.3 is 14.8 Å². The molecular formula is C19H21N3O4. The summed E-state index contributed by atoms with van der Waals surface area (Å²) in [6.45, 7) is 0.299. The van der Waals surface area contributed by atoms with E-state index in [2.05, 4.69) is 5.32 Å². The van der Waals surface area contributed by atoms with Crippen molar-refractivity contribution >= 4 is 22.6 Å². The predicted octanol–water partition coefficient (Wildman–Crippen LogP) is 2.39. The molecule has 0 fully saturated rings. The lowest BCUT2D eigenvalue weighted by Gasteiger charge is -2.10. The van der Waals surface area contributed by atoms with Gasteiger partial charge in [0, 0.05) is 43.9 Å². The average molecular weight is 355 g/mol. The van der Waals surface area contributed by atoms with E-state index in [9.17, 15) is 9.59 Å². The van der Waals surface area contributed by atoms with Crippen LogP contribution in [0.4, 0.5) is 5.69 Å². The number of benzene rings is 2. The van der Waals surface area contributed by atoms with E-state index in [1.165, 1.54) is 0 Å². The van der Waals surface area contributed by atoms with Crippen molar-refractivity contribution in [3.8, 4) is 11.5 Å². The fourth-order valence-corrected chi connectivity index (χ4v) is 2.90. The molecule has 1 aromatic heterocycles. The molecule has 0 spiro atoms. The normalized spacial score (nSPS) is 10.7. The van der Waals surface area contributed by atoms with E-state index in [-0.39, 0.29) is 18.0 Å². The number of nitrogens with zero attached hydrogens (tertiary/aromatic N) is 2. The third kappa shape index (κ3) is 3.42. The molecule has 2 aromatic carbocycles. The SMILES string of the molecule is COc1cc(NC(=O)CCn2c(=O)n(C)c3ccccc32)cc(OC)c1. The summed E-state index contributed by atoms with van der Waals surface area (Å²) in [6, 6.07) is 12.7. The van der Waals surface area contributed by atoms with Gasteiger partial charge in [0.1, 0.15) is 11.5 Å². The first-order valence-electron chi connectivity index (χ1n) is 8.20. The molecule has 0 bridgehead atoms. The Morgan fingerprint density at radius 3 is 2.27 bits per heavy atom. The molecule has 7 heteroatoms. The number of carbonyl (C=O) groups excluding carboxylic acids is 1. The van der Waals surface area contributed by atoms with Gasteiger partial charge in [0.15, 0.2) is 0 Å². The number of anilines is 1. The molecule has 26 heavy (non-hydrogen) atoms. The van der Waals surface area contributed by atoms with Crippen molar-refractivity contribution < 1.29 is 14.3 Å². The van der Waals surface area contributed by atoms with Gasteiger partial charge in [-0.1, -0.05) is 12.1 Å². The molecule has 0 saturated heterocycles. The van der Waals surface area contributed by atoms with Crippen molar-refractivity contribution in [3.05, 3.63) is 52.9 Å². The average Bonchev–Trinajstić information content (AvgIpc) is 2.90. The van der Waals surface area contributed by atoms with Crippen LogP contribution in [0, 0.1) is 0 Å². The summed E-state index contributed by atoms with van der Waals surface area (Å²) in [7, 11) is 4.82. The number of rotatable bonds is 6. The van der Waals surface area contributed by atoms with Crippen molar-refractivity contribution in [1.82, 2.24) is 9.13 Å². The third-order valence-corrected chi connectivity index (χ3v) is 4.25. The van der Waals surface area contributed by atoms with Crippen LogP contribution in [0.3, 0.4) is 0 Å². The quantitative estimate of drug-likeness (QED) is 0.737. The number of carbonyl (C=O) groups is 1. The molecular weight excluding hydrogens is 334 g/mol. The van der Waals surface area contributed by atoms with Gasteiger partial charge >= 0.3 is 5.69 Å². The number of para-hydroxylation sites is 2. The predicted molar refractivity (Wildman–Crippen MR) is 100.0 cm³/mol. The van der Waals surface area contributed by atoms with Gasteiger partial charge in [-0.05, 0) is 12.1 Å². The van der Waals surface area contributed by atoms with E-state index in [0.29, 0.717) is 23.7 Å².